The zero-order chi connectivity index (χ0) is 18.7. The summed E-state index contributed by atoms with van der Waals surface area (Å²) in [6.45, 7) is 2.47. The first-order chi connectivity index (χ1) is 12.5. The predicted octanol–water partition coefficient (Wildman–Crippen LogP) is 3.06. The van der Waals surface area contributed by atoms with Crippen LogP contribution in [0.1, 0.15) is 27.8 Å². The molecule has 0 fully saturated rings. The molecule has 0 aliphatic heterocycles. The fraction of sp³-hybridized carbons (Fsp3) is 0.211. The normalized spacial score (nSPS) is 12.1. The van der Waals surface area contributed by atoms with Gasteiger partial charge in [-0.25, -0.2) is 9.97 Å². The van der Waals surface area contributed by atoms with Gasteiger partial charge in [-0.3, -0.25) is 4.79 Å². The molecule has 6 nitrogen and oxygen atoms in total. The van der Waals surface area contributed by atoms with E-state index in [9.17, 15) is 4.79 Å². The zero-order valence-electron chi connectivity index (χ0n) is 14.6. The Balaban J connectivity index is 2.07. The van der Waals surface area contributed by atoms with E-state index in [2.05, 4.69) is 20.6 Å². The molecule has 0 spiro atoms. The molecule has 1 heterocycles. The number of hydrogen-bond acceptors (Lipinski definition) is 5. The average Bonchev–Trinajstić information content (AvgIpc) is 2.61. The lowest BCUT2D eigenvalue weighted by molar-refractivity contribution is 0.100. The number of rotatable bonds is 6. The summed E-state index contributed by atoms with van der Waals surface area (Å²) in [6, 6.07) is 13.0. The maximum absolute atomic E-state index is 11.7. The van der Waals surface area contributed by atoms with Crippen LogP contribution in [0, 0.1) is 6.92 Å². The smallest absolute Gasteiger partial charge is 0.250 e. The van der Waals surface area contributed by atoms with Crippen molar-refractivity contribution in [3.05, 3.63) is 64.4 Å². The molecular formula is C19H20ClN5O. The fourth-order valence-corrected chi connectivity index (χ4v) is 3.02. The highest BCUT2D eigenvalue weighted by molar-refractivity contribution is 6.30. The van der Waals surface area contributed by atoms with Gasteiger partial charge in [0.2, 0.25) is 0 Å². The van der Waals surface area contributed by atoms with Gasteiger partial charge < -0.3 is 16.4 Å². The Morgan fingerprint density at radius 1 is 1.19 bits per heavy atom. The van der Waals surface area contributed by atoms with Crippen molar-refractivity contribution in [3.8, 4) is 0 Å². The van der Waals surface area contributed by atoms with E-state index in [0.29, 0.717) is 34.3 Å². The molecule has 26 heavy (non-hydrogen) atoms. The van der Waals surface area contributed by atoms with Crippen LogP contribution in [-0.4, -0.2) is 29.5 Å². The minimum atomic E-state index is -0.510. The molecule has 3 rings (SSSR count). The van der Waals surface area contributed by atoms with E-state index in [-0.39, 0.29) is 6.04 Å². The maximum Gasteiger partial charge on any atom is 0.250 e. The van der Waals surface area contributed by atoms with Crippen LogP contribution in [0.2, 0.25) is 5.02 Å². The number of fused-ring (bicyclic) bond motifs is 1. The molecule has 0 saturated heterocycles. The Kier molecular flexibility index (Phi) is 5.35. The number of para-hydroxylation sites is 1. The van der Waals surface area contributed by atoms with Crippen molar-refractivity contribution in [1.29, 1.82) is 0 Å². The van der Waals surface area contributed by atoms with Crippen molar-refractivity contribution in [2.24, 2.45) is 5.73 Å². The summed E-state index contributed by atoms with van der Waals surface area (Å²) in [7, 11) is 1.89. The van der Waals surface area contributed by atoms with E-state index in [1.165, 1.54) is 0 Å². The molecule has 1 aromatic heterocycles. The number of carbonyl (C=O) groups is 1. The Morgan fingerprint density at radius 2 is 1.92 bits per heavy atom. The third kappa shape index (κ3) is 3.76. The van der Waals surface area contributed by atoms with Crippen molar-refractivity contribution >= 4 is 34.2 Å². The number of nitrogens with zero attached hydrogens (tertiary/aromatic N) is 2. The second-order valence-corrected chi connectivity index (χ2v) is 6.43. The number of carbonyl (C=O) groups excluding carboxylic acids is 1. The molecule has 134 valence electrons. The number of likely N-dealkylation sites (N-methyl/N-ethyl adjacent to an activating group) is 1. The number of aryl methyl sites for hydroxylation is 1. The number of aromatic nitrogens is 2. The second kappa shape index (κ2) is 7.68. The van der Waals surface area contributed by atoms with Gasteiger partial charge in [-0.05, 0) is 43.8 Å². The standard InChI is InChI=1S/C19H20ClN5O/c1-11-23-17-14(18(21)26)4-3-5-15(17)19(24-11)25-16(10-22-2)12-6-8-13(20)9-7-12/h3-9,16,22H,10H2,1-2H3,(H2,21,26)(H,23,24,25)/t16-/m1/s1. The van der Waals surface area contributed by atoms with Crippen LogP contribution < -0.4 is 16.4 Å². The molecule has 0 aliphatic rings. The highest BCUT2D eigenvalue weighted by Crippen LogP contribution is 2.27. The number of benzene rings is 2. The first-order valence-corrected chi connectivity index (χ1v) is 8.61. The van der Waals surface area contributed by atoms with Crippen LogP contribution in [-0.2, 0) is 0 Å². The molecule has 0 bridgehead atoms. The van der Waals surface area contributed by atoms with Gasteiger partial charge in [-0.2, -0.15) is 0 Å². The van der Waals surface area contributed by atoms with E-state index in [4.69, 9.17) is 17.3 Å². The van der Waals surface area contributed by atoms with Crippen LogP contribution in [0.3, 0.4) is 0 Å². The second-order valence-electron chi connectivity index (χ2n) is 5.99. The first kappa shape index (κ1) is 18.1. The van der Waals surface area contributed by atoms with Crippen molar-refractivity contribution in [2.75, 3.05) is 18.9 Å². The molecule has 0 unspecified atom stereocenters. The molecule has 0 radical (unpaired) electrons. The number of hydrogen-bond donors (Lipinski definition) is 3. The number of nitrogens with one attached hydrogen (secondary N) is 2. The molecule has 0 aliphatic carbocycles. The van der Waals surface area contributed by atoms with Gasteiger partial charge in [0, 0.05) is 17.0 Å². The third-order valence-corrected chi connectivity index (χ3v) is 4.35. The van der Waals surface area contributed by atoms with E-state index < -0.39 is 5.91 Å². The molecule has 4 N–H and O–H groups in total. The number of amides is 1. The highest BCUT2D eigenvalue weighted by Gasteiger charge is 2.16. The molecule has 1 atom stereocenters. The van der Waals surface area contributed by atoms with Gasteiger partial charge >= 0.3 is 0 Å². The van der Waals surface area contributed by atoms with Gasteiger partial charge in [-0.15, -0.1) is 0 Å². The van der Waals surface area contributed by atoms with Gasteiger partial charge in [0.05, 0.1) is 17.1 Å². The quantitative estimate of drug-likeness (QED) is 0.621. The molecular weight excluding hydrogens is 350 g/mol. The molecule has 3 aromatic rings. The maximum atomic E-state index is 11.7. The molecule has 0 saturated carbocycles. The molecule has 1 amide bonds. The lowest BCUT2D eigenvalue weighted by atomic mass is 10.1. The van der Waals surface area contributed by atoms with Crippen molar-refractivity contribution < 1.29 is 4.79 Å². The lowest BCUT2D eigenvalue weighted by Gasteiger charge is -2.21. The van der Waals surface area contributed by atoms with Crippen molar-refractivity contribution in [1.82, 2.24) is 15.3 Å². The van der Waals surface area contributed by atoms with E-state index in [1.54, 1.807) is 19.1 Å². The van der Waals surface area contributed by atoms with Gasteiger partial charge in [0.25, 0.3) is 5.91 Å². The third-order valence-electron chi connectivity index (χ3n) is 4.10. The fourth-order valence-electron chi connectivity index (χ4n) is 2.89. The van der Waals surface area contributed by atoms with Crippen LogP contribution in [0.15, 0.2) is 42.5 Å². The predicted molar refractivity (Wildman–Crippen MR) is 105 cm³/mol. The summed E-state index contributed by atoms with van der Waals surface area (Å²) in [5.74, 6) is 0.711. The number of halogens is 1. The number of primary amides is 1. The van der Waals surface area contributed by atoms with Crippen molar-refractivity contribution in [3.63, 3.8) is 0 Å². The minimum absolute atomic E-state index is 0.0352. The van der Waals surface area contributed by atoms with Crippen LogP contribution in [0.4, 0.5) is 5.82 Å². The lowest BCUT2D eigenvalue weighted by Crippen LogP contribution is -2.24. The number of anilines is 1. The van der Waals surface area contributed by atoms with Crippen LogP contribution >= 0.6 is 11.6 Å². The average molecular weight is 370 g/mol. The Bertz CT molecular complexity index is 943. The van der Waals surface area contributed by atoms with E-state index in [0.717, 1.165) is 10.9 Å². The Labute approximate surface area is 156 Å². The van der Waals surface area contributed by atoms with Crippen LogP contribution in [0.25, 0.3) is 10.9 Å². The van der Waals surface area contributed by atoms with E-state index >= 15 is 0 Å². The summed E-state index contributed by atoms with van der Waals surface area (Å²) in [5, 5.41) is 8.08. The Hall–Kier alpha value is -2.70. The zero-order valence-corrected chi connectivity index (χ0v) is 15.3. The molecule has 2 aromatic carbocycles. The highest BCUT2D eigenvalue weighted by atomic mass is 35.5. The summed E-state index contributed by atoms with van der Waals surface area (Å²) >= 11 is 6.00. The molecule has 7 heteroatoms. The monoisotopic (exact) mass is 369 g/mol. The largest absolute Gasteiger partial charge is 0.366 e. The summed E-state index contributed by atoms with van der Waals surface area (Å²) in [4.78, 5) is 20.7. The SMILES string of the molecule is CNC[C@@H](Nc1nc(C)nc2c(C(N)=O)cccc12)c1ccc(Cl)cc1. The van der Waals surface area contributed by atoms with E-state index in [1.807, 2.05) is 37.4 Å². The first-order valence-electron chi connectivity index (χ1n) is 8.23. The van der Waals surface area contributed by atoms with Crippen LogP contribution in [0.5, 0.6) is 0 Å². The topological polar surface area (TPSA) is 92.9 Å². The Morgan fingerprint density at radius 3 is 2.58 bits per heavy atom. The summed E-state index contributed by atoms with van der Waals surface area (Å²) in [6.07, 6.45) is 0. The number of nitrogens with two attached hydrogens (primary N) is 1. The summed E-state index contributed by atoms with van der Waals surface area (Å²) < 4.78 is 0. The minimum Gasteiger partial charge on any atom is -0.366 e. The van der Waals surface area contributed by atoms with Crippen molar-refractivity contribution in [2.45, 2.75) is 13.0 Å². The van der Waals surface area contributed by atoms with Gasteiger partial charge in [0.15, 0.2) is 0 Å². The summed E-state index contributed by atoms with van der Waals surface area (Å²) in [5.41, 5.74) is 7.49. The van der Waals surface area contributed by atoms with Gasteiger partial charge in [0.1, 0.15) is 11.6 Å². The van der Waals surface area contributed by atoms with Gasteiger partial charge in [-0.1, -0.05) is 29.8 Å².